The fraction of sp³-hybridized carbons (Fsp3) is 0.286. The summed E-state index contributed by atoms with van der Waals surface area (Å²) in [6, 6.07) is 10.3. The van der Waals surface area contributed by atoms with Gasteiger partial charge in [-0.1, -0.05) is 12.1 Å². The van der Waals surface area contributed by atoms with Crippen molar-refractivity contribution < 1.29 is 24.1 Å². The molecule has 6 heteroatoms. The first-order valence-electron chi connectivity index (χ1n) is 8.67. The highest BCUT2D eigenvalue weighted by Gasteiger charge is 2.35. The van der Waals surface area contributed by atoms with Gasteiger partial charge in [-0.3, -0.25) is 4.79 Å². The number of fused-ring (bicyclic) bond motifs is 1. The van der Waals surface area contributed by atoms with Crippen LogP contribution in [0.3, 0.4) is 0 Å². The number of hydrogen-bond acceptors (Lipinski definition) is 6. The quantitative estimate of drug-likeness (QED) is 0.784. The Bertz CT molecular complexity index is 888. The van der Waals surface area contributed by atoms with Crippen LogP contribution in [0.1, 0.15) is 35.9 Å². The Hall–Kier alpha value is -3.15. The zero-order valence-corrected chi connectivity index (χ0v) is 15.8. The van der Waals surface area contributed by atoms with Crippen molar-refractivity contribution in [3.63, 3.8) is 0 Å². The van der Waals surface area contributed by atoms with Crippen LogP contribution in [0.2, 0.25) is 0 Å². The number of phenols is 1. The predicted octanol–water partition coefficient (Wildman–Crippen LogP) is 3.61. The Morgan fingerprint density at radius 3 is 2.48 bits per heavy atom. The first-order valence-corrected chi connectivity index (χ1v) is 8.67. The lowest BCUT2D eigenvalue weighted by atomic mass is 9.91. The van der Waals surface area contributed by atoms with Gasteiger partial charge in [-0.25, -0.2) is 0 Å². The van der Waals surface area contributed by atoms with Crippen LogP contribution in [-0.4, -0.2) is 31.2 Å². The van der Waals surface area contributed by atoms with Crippen molar-refractivity contribution in [2.24, 2.45) is 0 Å². The number of Topliss-reactive ketones (excluding diaryl/α,β-unsaturated/α-hetero) is 1. The Morgan fingerprint density at radius 2 is 1.81 bits per heavy atom. The number of carbonyl (C=O) groups is 1. The third kappa shape index (κ3) is 3.56. The van der Waals surface area contributed by atoms with E-state index in [9.17, 15) is 9.90 Å². The average molecular weight is 369 g/mol. The van der Waals surface area contributed by atoms with E-state index in [0.717, 1.165) is 0 Å². The van der Waals surface area contributed by atoms with Gasteiger partial charge in [-0.15, -0.1) is 0 Å². The van der Waals surface area contributed by atoms with Crippen LogP contribution in [0.5, 0.6) is 23.0 Å². The number of ketones is 1. The molecule has 0 amide bonds. The molecular formula is C21H23NO5. The van der Waals surface area contributed by atoms with Gasteiger partial charge >= 0.3 is 0 Å². The van der Waals surface area contributed by atoms with E-state index in [1.54, 1.807) is 36.5 Å². The fourth-order valence-corrected chi connectivity index (χ4v) is 2.94. The van der Waals surface area contributed by atoms with Gasteiger partial charge in [0.15, 0.2) is 23.4 Å². The number of ether oxygens (including phenoxy) is 3. The van der Waals surface area contributed by atoms with Crippen LogP contribution >= 0.6 is 0 Å². The molecule has 0 saturated carbocycles. The van der Waals surface area contributed by atoms with Gasteiger partial charge in [0.05, 0.1) is 25.4 Å². The Labute approximate surface area is 158 Å². The summed E-state index contributed by atoms with van der Waals surface area (Å²) in [6.45, 7) is 3.95. The molecular weight excluding hydrogens is 346 g/mol. The Morgan fingerprint density at radius 1 is 1.15 bits per heavy atom. The molecule has 2 aromatic carbocycles. The van der Waals surface area contributed by atoms with E-state index >= 15 is 0 Å². The Balaban J connectivity index is 2.14. The highest BCUT2D eigenvalue weighted by molar-refractivity contribution is 6.12. The number of carbonyl (C=O) groups excluding carboxylic acids is 1. The molecule has 1 aliphatic heterocycles. The van der Waals surface area contributed by atoms with Crippen molar-refractivity contribution in [2.75, 3.05) is 14.2 Å². The summed E-state index contributed by atoms with van der Waals surface area (Å²) in [7, 11) is 3.00. The van der Waals surface area contributed by atoms with E-state index in [1.807, 2.05) is 13.8 Å². The van der Waals surface area contributed by atoms with Crippen LogP contribution in [0, 0.1) is 0 Å². The van der Waals surface area contributed by atoms with Crippen molar-refractivity contribution in [3.05, 3.63) is 59.3 Å². The lowest BCUT2D eigenvalue weighted by Gasteiger charge is -2.29. The average Bonchev–Trinajstić information content (AvgIpc) is 2.66. The lowest BCUT2D eigenvalue weighted by molar-refractivity contribution is 0.0958. The fourth-order valence-electron chi connectivity index (χ4n) is 2.94. The first kappa shape index (κ1) is 18.6. The van der Waals surface area contributed by atoms with Gasteiger partial charge in [0, 0.05) is 23.9 Å². The minimum atomic E-state index is -0.779. The van der Waals surface area contributed by atoms with Crippen molar-refractivity contribution in [2.45, 2.75) is 26.0 Å². The SMILES string of the molecule is COc1cc(O)c(C2Oc3ccccc3C(=O)/C2=C\NC(C)C)cc1OC. The predicted molar refractivity (Wildman–Crippen MR) is 102 cm³/mol. The molecule has 1 heterocycles. The van der Waals surface area contributed by atoms with Gasteiger partial charge in [0.2, 0.25) is 0 Å². The highest BCUT2D eigenvalue weighted by atomic mass is 16.5. The number of hydrogen-bond donors (Lipinski definition) is 2. The summed E-state index contributed by atoms with van der Waals surface area (Å²) in [5.41, 5.74) is 1.32. The van der Waals surface area contributed by atoms with Crippen LogP contribution in [-0.2, 0) is 0 Å². The minimum absolute atomic E-state index is 0.0414. The molecule has 1 atom stereocenters. The van der Waals surface area contributed by atoms with Gasteiger partial charge in [0.1, 0.15) is 11.5 Å². The van der Waals surface area contributed by atoms with E-state index < -0.39 is 6.10 Å². The molecule has 3 rings (SSSR count). The maximum absolute atomic E-state index is 13.1. The summed E-state index contributed by atoms with van der Waals surface area (Å²) in [4.78, 5) is 13.1. The molecule has 27 heavy (non-hydrogen) atoms. The second-order valence-electron chi connectivity index (χ2n) is 6.51. The Kier molecular flexibility index (Phi) is 5.26. The van der Waals surface area contributed by atoms with Crippen LogP contribution < -0.4 is 19.5 Å². The van der Waals surface area contributed by atoms with Crippen LogP contribution in [0.25, 0.3) is 0 Å². The summed E-state index contributed by atoms with van der Waals surface area (Å²) in [5, 5.41) is 13.7. The normalized spacial score (nSPS) is 17.4. The smallest absolute Gasteiger partial charge is 0.198 e. The molecule has 0 fully saturated rings. The minimum Gasteiger partial charge on any atom is -0.507 e. The second kappa shape index (κ2) is 7.61. The number of aromatic hydroxyl groups is 1. The van der Waals surface area contributed by atoms with Crippen molar-refractivity contribution in [1.82, 2.24) is 5.32 Å². The molecule has 0 bridgehead atoms. The van der Waals surface area contributed by atoms with Crippen molar-refractivity contribution in [1.29, 1.82) is 0 Å². The molecule has 2 N–H and O–H groups in total. The van der Waals surface area contributed by atoms with E-state index in [0.29, 0.717) is 33.9 Å². The largest absolute Gasteiger partial charge is 0.507 e. The summed E-state index contributed by atoms with van der Waals surface area (Å²) in [6.07, 6.45) is 0.877. The van der Waals surface area contributed by atoms with Gasteiger partial charge in [-0.05, 0) is 32.0 Å². The molecule has 6 nitrogen and oxygen atoms in total. The van der Waals surface area contributed by atoms with Gasteiger partial charge in [-0.2, -0.15) is 0 Å². The molecule has 2 aromatic rings. The maximum Gasteiger partial charge on any atom is 0.198 e. The topological polar surface area (TPSA) is 77.0 Å². The molecule has 1 unspecified atom stereocenters. The standard InChI is InChI=1S/C21H23NO5/c1-12(2)22-11-15-20(24)13-7-5-6-8-17(13)27-21(15)14-9-18(25-3)19(26-4)10-16(14)23/h5-12,21-23H,1-4H3/b15-11+. The number of phenolic OH excluding ortho intramolecular Hbond substituents is 1. The number of methoxy groups -OCH3 is 2. The molecule has 0 aliphatic carbocycles. The summed E-state index contributed by atoms with van der Waals surface area (Å²) >= 11 is 0. The summed E-state index contributed by atoms with van der Waals surface area (Å²) in [5.74, 6) is 1.12. The highest BCUT2D eigenvalue weighted by Crippen LogP contribution is 2.44. The number of nitrogens with one attached hydrogen (secondary N) is 1. The number of benzene rings is 2. The third-order valence-electron chi connectivity index (χ3n) is 4.31. The van der Waals surface area contributed by atoms with E-state index in [2.05, 4.69) is 5.32 Å². The molecule has 0 aromatic heterocycles. The molecule has 0 radical (unpaired) electrons. The monoisotopic (exact) mass is 369 g/mol. The maximum atomic E-state index is 13.1. The zero-order valence-electron chi connectivity index (χ0n) is 15.8. The van der Waals surface area contributed by atoms with Gasteiger partial charge < -0.3 is 24.6 Å². The molecule has 0 spiro atoms. The number of para-hydroxylation sites is 1. The van der Waals surface area contributed by atoms with Crippen LogP contribution in [0.4, 0.5) is 0 Å². The zero-order chi connectivity index (χ0) is 19.6. The molecule has 1 aliphatic rings. The first-order chi connectivity index (χ1) is 13.0. The molecule has 0 saturated heterocycles. The van der Waals surface area contributed by atoms with Crippen LogP contribution in [0.15, 0.2) is 48.2 Å². The van der Waals surface area contributed by atoms with Gasteiger partial charge in [0.25, 0.3) is 0 Å². The van der Waals surface area contributed by atoms with Crippen molar-refractivity contribution in [3.8, 4) is 23.0 Å². The van der Waals surface area contributed by atoms with E-state index in [-0.39, 0.29) is 17.6 Å². The van der Waals surface area contributed by atoms with Crippen molar-refractivity contribution >= 4 is 5.78 Å². The summed E-state index contributed by atoms with van der Waals surface area (Å²) < 4.78 is 16.7. The van der Waals surface area contributed by atoms with E-state index in [1.165, 1.54) is 20.3 Å². The lowest BCUT2D eigenvalue weighted by Crippen LogP contribution is -2.27. The molecule has 142 valence electrons. The third-order valence-corrected chi connectivity index (χ3v) is 4.31. The second-order valence-corrected chi connectivity index (χ2v) is 6.51. The number of rotatable bonds is 5. The van der Waals surface area contributed by atoms with E-state index in [4.69, 9.17) is 14.2 Å².